The summed E-state index contributed by atoms with van der Waals surface area (Å²) in [5.74, 6) is 1.02. The van der Waals surface area contributed by atoms with Crippen molar-refractivity contribution >= 4 is 17.7 Å². The first-order valence-electron chi connectivity index (χ1n) is 11.9. The van der Waals surface area contributed by atoms with Gasteiger partial charge in [-0.05, 0) is 57.3 Å². The third-order valence-electron chi connectivity index (χ3n) is 5.85. The minimum absolute atomic E-state index is 0.0130. The lowest BCUT2D eigenvalue weighted by atomic mass is 10.0. The first-order chi connectivity index (χ1) is 16.3. The molecule has 0 saturated heterocycles. The quantitative estimate of drug-likeness (QED) is 0.523. The van der Waals surface area contributed by atoms with Crippen molar-refractivity contribution in [1.82, 2.24) is 20.0 Å². The number of ether oxygens (including phenoxy) is 3. The Bertz CT molecular complexity index is 1010. The number of nitrogens with zero attached hydrogens (tertiary/aromatic N) is 3. The van der Waals surface area contributed by atoms with Gasteiger partial charge in [-0.15, -0.1) is 5.10 Å². The van der Waals surface area contributed by atoms with E-state index in [1.54, 1.807) is 33.0 Å². The van der Waals surface area contributed by atoms with Gasteiger partial charge in [-0.3, -0.25) is 9.59 Å². The van der Waals surface area contributed by atoms with Crippen molar-refractivity contribution in [1.29, 1.82) is 0 Å². The number of aromatic nitrogens is 4. The highest BCUT2D eigenvalue weighted by molar-refractivity contribution is 5.81. The average molecular weight is 489 g/mol. The van der Waals surface area contributed by atoms with Crippen molar-refractivity contribution < 1.29 is 28.6 Å². The van der Waals surface area contributed by atoms with Crippen LogP contribution in [0.1, 0.15) is 73.1 Å². The monoisotopic (exact) mass is 488 g/mol. The molecule has 2 aliphatic carbocycles. The number of Topliss-reactive ketones (excluding diaryl/α,β-unsaturated/α-hetero) is 2. The van der Waals surface area contributed by atoms with E-state index in [9.17, 15) is 14.4 Å². The highest BCUT2D eigenvalue weighted by atomic mass is 16.6. The second kappa shape index (κ2) is 10.6. The van der Waals surface area contributed by atoms with Crippen LogP contribution in [0.15, 0.2) is 24.5 Å². The van der Waals surface area contributed by atoms with Gasteiger partial charge in [-0.2, -0.15) is 9.78 Å². The lowest BCUT2D eigenvalue weighted by molar-refractivity contribution is -0.122. The van der Waals surface area contributed by atoms with Gasteiger partial charge in [0.25, 0.3) is 0 Å². The molecule has 0 radical (unpaired) electrons. The van der Waals surface area contributed by atoms with E-state index in [0.29, 0.717) is 18.7 Å². The SMILES string of the molecule is CC1(CC(=O)COc2ccn(C(=O)OC(C)(C)C)n2)CC1.CC1(CC(=O)COc2ccn[nH]2)CC1. The maximum Gasteiger partial charge on any atom is 0.435 e. The van der Waals surface area contributed by atoms with Crippen LogP contribution >= 0.6 is 0 Å². The molecule has 35 heavy (non-hydrogen) atoms. The Morgan fingerprint density at radius 3 is 2.03 bits per heavy atom. The Kier molecular flexibility index (Phi) is 8.02. The van der Waals surface area contributed by atoms with Gasteiger partial charge in [-0.25, -0.2) is 9.89 Å². The number of carbonyl (C=O) groups is 3. The van der Waals surface area contributed by atoms with Crippen LogP contribution in [0.4, 0.5) is 4.79 Å². The molecule has 1 N–H and O–H groups in total. The molecule has 2 aromatic heterocycles. The van der Waals surface area contributed by atoms with Crippen molar-refractivity contribution in [3.8, 4) is 11.8 Å². The largest absolute Gasteiger partial charge is 0.470 e. The molecular weight excluding hydrogens is 452 g/mol. The molecule has 192 valence electrons. The minimum atomic E-state index is -0.584. The fourth-order valence-corrected chi connectivity index (χ4v) is 3.27. The molecule has 0 unspecified atom stereocenters. The Morgan fingerprint density at radius 2 is 1.54 bits per heavy atom. The summed E-state index contributed by atoms with van der Waals surface area (Å²) < 4.78 is 16.8. The Hall–Kier alpha value is -3.17. The van der Waals surface area contributed by atoms with Gasteiger partial charge in [-0.1, -0.05) is 13.8 Å². The van der Waals surface area contributed by atoms with Crippen LogP contribution in [0.5, 0.6) is 11.8 Å². The van der Waals surface area contributed by atoms with Crippen LogP contribution in [0, 0.1) is 10.8 Å². The summed E-state index contributed by atoms with van der Waals surface area (Å²) in [6, 6.07) is 3.24. The summed E-state index contributed by atoms with van der Waals surface area (Å²) in [6.07, 6.45) is 8.21. The topological polar surface area (TPSA) is 125 Å². The zero-order valence-electron chi connectivity index (χ0n) is 21.3. The Balaban J connectivity index is 0.000000211. The van der Waals surface area contributed by atoms with E-state index >= 15 is 0 Å². The van der Waals surface area contributed by atoms with Crippen molar-refractivity contribution in [3.63, 3.8) is 0 Å². The highest BCUT2D eigenvalue weighted by Crippen LogP contribution is 2.48. The summed E-state index contributed by atoms with van der Waals surface area (Å²) in [5.41, 5.74) is -0.134. The minimum Gasteiger partial charge on any atom is -0.470 e. The Morgan fingerprint density at radius 1 is 0.971 bits per heavy atom. The van der Waals surface area contributed by atoms with E-state index < -0.39 is 11.7 Å². The maximum atomic E-state index is 11.8. The van der Waals surface area contributed by atoms with Crippen LogP contribution in [-0.2, 0) is 14.3 Å². The molecule has 10 nitrogen and oxygen atoms in total. The molecule has 2 saturated carbocycles. The second-order valence-corrected chi connectivity index (χ2v) is 11.1. The third kappa shape index (κ3) is 9.54. The molecule has 0 bridgehead atoms. The number of rotatable bonds is 10. The van der Waals surface area contributed by atoms with E-state index in [-0.39, 0.29) is 41.5 Å². The summed E-state index contributed by atoms with van der Waals surface area (Å²) in [5, 5.41) is 10.3. The zero-order chi connectivity index (χ0) is 25.7. The van der Waals surface area contributed by atoms with Gasteiger partial charge >= 0.3 is 6.09 Å². The summed E-state index contributed by atoms with van der Waals surface area (Å²) in [7, 11) is 0. The fraction of sp³-hybridized carbons (Fsp3) is 0.640. The highest BCUT2D eigenvalue weighted by Gasteiger charge is 2.39. The van der Waals surface area contributed by atoms with Crippen molar-refractivity contribution in [2.24, 2.45) is 10.8 Å². The number of hydrogen-bond acceptors (Lipinski definition) is 8. The van der Waals surface area contributed by atoms with Crippen LogP contribution in [-0.4, -0.2) is 56.5 Å². The fourth-order valence-electron chi connectivity index (χ4n) is 3.27. The number of aromatic amines is 1. The van der Waals surface area contributed by atoms with E-state index in [4.69, 9.17) is 14.2 Å². The molecule has 2 fully saturated rings. The number of H-pyrrole nitrogens is 1. The molecule has 4 rings (SSSR count). The van der Waals surface area contributed by atoms with Crippen LogP contribution < -0.4 is 9.47 Å². The molecule has 0 amide bonds. The van der Waals surface area contributed by atoms with Crippen molar-refractivity contribution in [3.05, 3.63) is 24.5 Å². The molecule has 0 atom stereocenters. The number of ketones is 2. The molecule has 2 aromatic rings. The smallest absolute Gasteiger partial charge is 0.435 e. The molecule has 2 heterocycles. The van der Waals surface area contributed by atoms with Gasteiger partial charge in [0, 0.05) is 31.2 Å². The predicted molar refractivity (Wildman–Crippen MR) is 127 cm³/mol. The van der Waals surface area contributed by atoms with Gasteiger partial charge < -0.3 is 14.2 Å². The maximum absolute atomic E-state index is 11.8. The normalized spacial score (nSPS) is 16.9. The second-order valence-electron chi connectivity index (χ2n) is 11.1. The van der Waals surface area contributed by atoms with Crippen LogP contribution in [0.25, 0.3) is 0 Å². The molecule has 10 heteroatoms. The predicted octanol–water partition coefficient (Wildman–Crippen LogP) is 4.35. The molecule has 0 aromatic carbocycles. The average Bonchev–Trinajstić information content (AvgIpc) is 3.49. The summed E-state index contributed by atoms with van der Waals surface area (Å²) >= 11 is 0. The van der Waals surface area contributed by atoms with Gasteiger partial charge in [0.1, 0.15) is 18.8 Å². The van der Waals surface area contributed by atoms with E-state index in [1.807, 2.05) is 0 Å². The molecular formula is C25H36N4O6. The summed E-state index contributed by atoms with van der Waals surface area (Å²) in [4.78, 5) is 34.9. The lowest BCUT2D eigenvalue weighted by Gasteiger charge is -2.18. The standard InChI is InChI=1S/C15H22N2O4.C10H14N2O2/c1-14(2,3)21-13(19)17-8-5-12(16-17)20-10-11(18)9-15(4)6-7-15;1-10(3-4-10)6-8(13)7-14-9-2-5-11-12-9/h5,8H,6-7,9-10H2,1-4H3;2,5H,3-4,6-7H2,1H3,(H,11,12). The first kappa shape index (κ1) is 26.4. The van der Waals surface area contributed by atoms with Crippen LogP contribution in [0.2, 0.25) is 0 Å². The van der Waals surface area contributed by atoms with Crippen molar-refractivity contribution in [2.75, 3.05) is 13.2 Å². The Labute approximate surface area is 205 Å². The molecule has 0 spiro atoms. The third-order valence-corrected chi connectivity index (χ3v) is 5.85. The number of carbonyl (C=O) groups excluding carboxylic acids is 3. The van der Waals surface area contributed by atoms with Crippen LogP contribution in [0.3, 0.4) is 0 Å². The van der Waals surface area contributed by atoms with Gasteiger partial charge in [0.2, 0.25) is 11.8 Å². The van der Waals surface area contributed by atoms with Crippen molar-refractivity contribution in [2.45, 2.75) is 78.7 Å². The van der Waals surface area contributed by atoms with Gasteiger partial charge in [0.05, 0.1) is 6.20 Å². The molecule has 0 aliphatic heterocycles. The van der Waals surface area contributed by atoms with E-state index in [1.165, 1.54) is 25.1 Å². The number of nitrogens with one attached hydrogen (secondary N) is 1. The van der Waals surface area contributed by atoms with Gasteiger partial charge in [0.15, 0.2) is 11.6 Å². The summed E-state index contributed by atoms with van der Waals surface area (Å²) in [6.45, 7) is 9.72. The number of hydrogen-bond donors (Lipinski definition) is 1. The lowest BCUT2D eigenvalue weighted by Crippen LogP contribution is -2.27. The molecule has 2 aliphatic rings. The first-order valence-corrected chi connectivity index (χ1v) is 11.9. The van der Waals surface area contributed by atoms with E-state index in [0.717, 1.165) is 17.5 Å². The zero-order valence-corrected chi connectivity index (χ0v) is 21.3. The van der Waals surface area contributed by atoms with E-state index in [2.05, 4.69) is 29.1 Å².